The highest BCUT2D eigenvalue weighted by Crippen LogP contribution is 2.26. The van der Waals surface area contributed by atoms with Crippen molar-refractivity contribution in [3.8, 4) is 11.1 Å². The molecule has 1 heterocycles. The number of halogens is 1. The third-order valence-corrected chi connectivity index (χ3v) is 3.14. The van der Waals surface area contributed by atoms with Gasteiger partial charge < -0.3 is 5.32 Å². The summed E-state index contributed by atoms with van der Waals surface area (Å²) in [6, 6.07) is 5.37. The SMILES string of the molecule is CCNCc1ccc(-c2cnn(C)c2C)c(F)c1. The number of nitrogens with zero attached hydrogens (tertiary/aromatic N) is 2. The van der Waals surface area contributed by atoms with Crippen LogP contribution in [0.5, 0.6) is 0 Å². The Hall–Kier alpha value is -1.68. The second-order valence-electron chi connectivity index (χ2n) is 4.36. The molecular weight excluding hydrogens is 229 g/mol. The van der Waals surface area contributed by atoms with Crippen molar-refractivity contribution in [2.75, 3.05) is 6.54 Å². The second kappa shape index (κ2) is 5.31. The zero-order chi connectivity index (χ0) is 13.1. The van der Waals surface area contributed by atoms with Gasteiger partial charge in [0.25, 0.3) is 0 Å². The quantitative estimate of drug-likeness (QED) is 0.900. The van der Waals surface area contributed by atoms with E-state index in [1.54, 1.807) is 16.9 Å². The lowest BCUT2D eigenvalue weighted by molar-refractivity contribution is 0.625. The van der Waals surface area contributed by atoms with Crippen molar-refractivity contribution in [3.05, 3.63) is 41.5 Å². The van der Waals surface area contributed by atoms with E-state index in [0.717, 1.165) is 23.4 Å². The van der Waals surface area contributed by atoms with E-state index in [2.05, 4.69) is 10.4 Å². The second-order valence-corrected chi connectivity index (χ2v) is 4.36. The number of aryl methyl sites for hydroxylation is 1. The van der Waals surface area contributed by atoms with Gasteiger partial charge in [-0.15, -0.1) is 0 Å². The van der Waals surface area contributed by atoms with Gasteiger partial charge in [0, 0.05) is 30.4 Å². The maximum absolute atomic E-state index is 14.1. The monoisotopic (exact) mass is 247 g/mol. The van der Waals surface area contributed by atoms with Crippen LogP contribution < -0.4 is 5.32 Å². The number of nitrogens with one attached hydrogen (secondary N) is 1. The minimum Gasteiger partial charge on any atom is -0.313 e. The number of aromatic nitrogens is 2. The summed E-state index contributed by atoms with van der Waals surface area (Å²) in [7, 11) is 1.86. The third kappa shape index (κ3) is 2.43. The predicted octanol–water partition coefficient (Wildman–Crippen LogP) is 2.64. The Morgan fingerprint density at radius 2 is 2.11 bits per heavy atom. The molecule has 0 aliphatic carbocycles. The van der Waals surface area contributed by atoms with Crippen LogP contribution in [-0.4, -0.2) is 16.3 Å². The first-order chi connectivity index (χ1) is 8.63. The Kier molecular flexibility index (Phi) is 3.77. The molecule has 0 amide bonds. The topological polar surface area (TPSA) is 29.9 Å². The molecule has 1 aromatic carbocycles. The Morgan fingerprint density at radius 3 is 2.67 bits per heavy atom. The standard InChI is InChI=1S/C14H18FN3/c1-4-16-8-11-5-6-12(14(15)7-11)13-9-17-18(3)10(13)2/h5-7,9,16H,4,8H2,1-3H3. The lowest BCUT2D eigenvalue weighted by Crippen LogP contribution is -2.11. The number of hydrogen-bond acceptors (Lipinski definition) is 2. The summed E-state index contributed by atoms with van der Waals surface area (Å²) in [6.45, 7) is 5.54. The van der Waals surface area contributed by atoms with E-state index in [0.29, 0.717) is 12.1 Å². The number of rotatable bonds is 4. The van der Waals surface area contributed by atoms with Crippen molar-refractivity contribution in [2.45, 2.75) is 20.4 Å². The van der Waals surface area contributed by atoms with Crippen molar-refractivity contribution < 1.29 is 4.39 Å². The van der Waals surface area contributed by atoms with Gasteiger partial charge in [-0.2, -0.15) is 5.10 Å². The highest BCUT2D eigenvalue weighted by molar-refractivity contribution is 5.66. The van der Waals surface area contributed by atoms with Crippen LogP contribution in [0.1, 0.15) is 18.2 Å². The minimum absolute atomic E-state index is 0.193. The Labute approximate surface area is 107 Å². The maximum atomic E-state index is 14.1. The van der Waals surface area contributed by atoms with E-state index in [-0.39, 0.29) is 5.82 Å². The van der Waals surface area contributed by atoms with Gasteiger partial charge in [-0.25, -0.2) is 4.39 Å². The van der Waals surface area contributed by atoms with Gasteiger partial charge in [0.2, 0.25) is 0 Å². The highest BCUT2D eigenvalue weighted by Gasteiger charge is 2.11. The minimum atomic E-state index is -0.193. The van der Waals surface area contributed by atoms with Gasteiger partial charge in [0.1, 0.15) is 5.82 Å². The fraction of sp³-hybridized carbons (Fsp3) is 0.357. The van der Waals surface area contributed by atoms with E-state index in [1.165, 1.54) is 0 Å². The van der Waals surface area contributed by atoms with E-state index in [9.17, 15) is 4.39 Å². The summed E-state index contributed by atoms with van der Waals surface area (Å²) in [5.41, 5.74) is 3.39. The van der Waals surface area contributed by atoms with Crippen molar-refractivity contribution in [2.24, 2.45) is 7.05 Å². The molecule has 0 aliphatic rings. The lowest BCUT2D eigenvalue weighted by atomic mass is 10.0. The molecule has 96 valence electrons. The molecule has 0 saturated heterocycles. The Morgan fingerprint density at radius 1 is 1.33 bits per heavy atom. The first-order valence-electron chi connectivity index (χ1n) is 6.11. The van der Waals surface area contributed by atoms with E-state index >= 15 is 0 Å². The highest BCUT2D eigenvalue weighted by atomic mass is 19.1. The van der Waals surface area contributed by atoms with Crippen LogP contribution in [0, 0.1) is 12.7 Å². The molecule has 2 aromatic rings. The molecule has 4 heteroatoms. The molecule has 0 radical (unpaired) electrons. The fourth-order valence-corrected chi connectivity index (χ4v) is 1.92. The first-order valence-corrected chi connectivity index (χ1v) is 6.11. The van der Waals surface area contributed by atoms with Crippen molar-refractivity contribution in [3.63, 3.8) is 0 Å². The van der Waals surface area contributed by atoms with Gasteiger partial charge in [-0.05, 0) is 25.1 Å². The van der Waals surface area contributed by atoms with Crippen LogP contribution in [0.4, 0.5) is 4.39 Å². The zero-order valence-electron chi connectivity index (χ0n) is 11.0. The molecule has 0 aliphatic heterocycles. The summed E-state index contributed by atoms with van der Waals surface area (Å²) >= 11 is 0. The number of benzene rings is 1. The maximum Gasteiger partial charge on any atom is 0.131 e. The molecule has 18 heavy (non-hydrogen) atoms. The van der Waals surface area contributed by atoms with Crippen LogP contribution in [0.2, 0.25) is 0 Å². The molecule has 2 rings (SSSR count). The smallest absolute Gasteiger partial charge is 0.131 e. The largest absolute Gasteiger partial charge is 0.313 e. The van der Waals surface area contributed by atoms with E-state index < -0.39 is 0 Å². The third-order valence-electron chi connectivity index (χ3n) is 3.14. The van der Waals surface area contributed by atoms with Crippen LogP contribution in [0.3, 0.4) is 0 Å². The van der Waals surface area contributed by atoms with Gasteiger partial charge in [0.05, 0.1) is 6.20 Å². The molecular formula is C14H18FN3. The average Bonchev–Trinajstić information content (AvgIpc) is 2.68. The van der Waals surface area contributed by atoms with Crippen molar-refractivity contribution in [1.29, 1.82) is 0 Å². The van der Waals surface area contributed by atoms with Crippen LogP contribution in [0.25, 0.3) is 11.1 Å². The zero-order valence-corrected chi connectivity index (χ0v) is 11.0. The summed E-state index contributed by atoms with van der Waals surface area (Å²) in [6.07, 6.45) is 1.71. The molecule has 0 saturated carbocycles. The Balaban J connectivity index is 2.32. The van der Waals surface area contributed by atoms with Crippen LogP contribution in [-0.2, 0) is 13.6 Å². The van der Waals surface area contributed by atoms with Gasteiger partial charge >= 0.3 is 0 Å². The van der Waals surface area contributed by atoms with Crippen LogP contribution >= 0.6 is 0 Å². The Bertz CT molecular complexity index is 546. The predicted molar refractivity (Wildman–Crippen MR) is 70.7 cm³/mol. The molecule has 0 spiro atoms. The summed E-state index contributed by atoms with van der Waals surface area (Å²) < 4.78 is 15.8. The summed E-state index contributed by atoms with van der Waals surface area (Å²) in [5, 5.41) is 7.33. The molecule has 1 aromatic heterocycles. The molecule has 0 bridgehead atoms. The van der Waals surface area contributed by atoms with Gasteiger partial charge in [-0.3, -0.25) is 4.68 Å². The van der Waals surface area contributed by atoms with E-state index in [4.69, 9.17) is 0 Å². The molecule has 0 fully saturated rings. The van der Waals surface area contributed by atoms with Gasteiger partial charge in [-0.1, -0.05) is 19.1 Å². The summed E-state index contributed by atoms with van der Waals surface area (Å²) in [5.74, 6) is -0.193. The summed E-state index contributed by atoms with van der Waals surface area (Å²) in [4.78, 5) is 0. The lowest BCUT2D eigenvalue weighted by Gasteiger charge is -2.06. The van der Waals surface area contributed by atoms with Crippen molar-refractivity contribution in [1.82, 2.24) is 15.1 Å². The molecule has 3 nitrogen and oxygen atoms in total. The number of hydrogen-bond donors (Lipinski definition) is 1. The molecule has 1 N–H and O–H groups in total. The van der Waals surface area contributed by atoms with Crippen molar-refractivity contribution >= 4 is 0 Å². The first kappa shape index (κ1) is 12.8. The molecule has 0 atom stereocenters. The van der Waals surface area contributed by atoms with Crippen LogP contribution in [0.15, 0.2) is 24.4 Å². The normalized spacial score (nSPS) is 10.9. The fourth-order valence-electron chi connectivity index (χ4n) is 1.92. The van der Waals surface area contributed by atoms with Gasteiger partial charge in [0.15, 0.2) is 0 Å². The van der Waals surface area contributed by atoms with E-state index in [1.807, 2.05) is 33.0 Å². The average molecular weight is 247 g/mol. The molecule has 0 unspecified atom stereocenters.